The molecule has 0 bridgehead atoms. The predicted molar refractivity (Wildman–Crippen MR) is 126 cm³/mol. The molecule has 0 unspecified atom stereocenters. The third-order valence-corrected chi connectivity index (χ3v) is 7.05. The van der Waals surface area contributed by atoms with Crippen molar-refractivity contribution in [3.63, 3.8) is 0 Å². The van der Waals surface area contributed by atoms with Crippen LogP contribution in [0.25, 0.3) is 0 Å². The minimum atomic E-state index is -4.20. The van der Waals surface area contributed by atoms with Gasteiger partial charge in [0.1, 0.15) is 12.4 Å². The molecule has 1 amide bonds. The van der Waals surface area contributed by atoms with Gasteiger partial charge in [0.25, 0.3) is 15.9 Å². The Hall–Kier alpha value is -3.17. The van der Waals surface area contributed by atoms with Crippen molar-refractivity contribution >= 4 is 39.6 Å². The van der Waals surface area contributed by atoms with E-state index in [0.29, 0.717) is 0 Å². The van der Waals surface area contributed by atoms with Crippen LogP contribution in [0.4, 0.5) is 10.1 Å². The average Bonchev–Trinajstić information content (AvgIpc) is 2.79. The monoisotopic (exact) mass is 471 g/mol. The molecule has 166 valence electrons. The quantitative estimate of drug-likeness (QED) is 0.303. The molecule has 0 fully saturated rings. The van der Waals surface area contributed by atoms with Gasteiger partial charge in [0.15, 0.2) is 0 Å². The second-order valence-electron chi connectivity index (χ2n) is 6.84. The number of carbonyl (C=O) groups excluding carboxylic acids is 1. The summed E-state index contributed by atoms with van der Waals surface area (Å²) in [5.41, 5.74) is 3.73. The van der Waals surface area contributed by atoms with Crippen LogP contribution in [-0.2, 0) is 14.8 Å². The topological polar surface area (TPSA) is 78.8 Å². The molecule has 0 radical (unpaired) electrons. The predicted octanol–water partition coefficient (Wildman–Crippen LogP) is 4.20. The Morgan fingerprint density at radius 2 is 1.72 bits per heavy atom. The number of halogens is 1. The van der Waals surface area contributed by atoms with Crippen LogP contribution in [0.3, 0.4) is 0 Å². The number of aryl methyl sites for hydroxylation is 1. The molecule has 0 spiro atoms. The third kappa shape index (κ3) is 5.74. The maximum atomic E-state index is 14.5. The summed E-state index contributed by atoms with van der Waals surface area (Å²) in [6, 6.07) is 19.0. The fourth-order valence-electron chi connectivity index (χ4n) is 2.83. The smallest absolute Gasteiger partial charge is 0.264 e. The van der Waals surface area contributed by atoms with E-state index >= 15 is 0 Å². The van der Waals surface area contributed by atoms with Gasteiger partial charge in [-0.25, -0.2) is 18.2 Å². The zero-order chi connectivity index (χ0) is 23.1. The van der Waals surface area contributed by atoms with Gasteiger partial charge in [-0.05, 0) is 55.1 Å². The molecule has 32 heavy (non-hydrogen) atoms. The van der Waals surface area contributed by atoms with Crippen molar-refractivity contribution < 1.29 is 17.6 Å². The number of rotatable bonds is 8. The minimum absolute atomic E-state index is 0.0449. The third-order valence-electron chi connectivity index (χ3n) is 4.54. The van der Waals surface area contributed by atoms with Crippen molar-refractivity contribution in [3.8, 4) is 0 Å². The van der Waals surface area contributed by atoms with Crippen LogP contribution in [-0.4, -0.2) is 33.3 Å². The SMILES string of the molecule is CSc1ccc(/C=N/NC(=O)CN(c2ccccc2F)S(=O)(=O)c2ccc(C)cc2)cc1. The standard InChI is InChI=1S/C23H22FN3O3S2/c1-17-7-13-20(14-8-17)32(29,30)27(22-6-4-3-5-21(22)24)16-23(28)26-25-15-18-9-11-19(31-2)12-10-18/h3-15H,16H2,1-2H3,(H,26,28)/b25-15+. The van der Waals surface area contributed by atoms with E-state index in [1.807, 2.05) is 37.4 Å². The first-order chi connectivity index (χ1) is 15.3. The molecule has 0 aromatic heterocycles. The zero-order valence-corrected chi connectivity index (χ0v) is 19.2. The first-order valence-corrected chi connectivity index (χ1v) is 12.3. The summed E-state index contributed by atoms with van der Waals surface area (Å²) in [4.78, 5) is 13.5. The van der Waals surface area contributed by atoms with Crippen molar-refractivity contribution in [1.82, 2.24) is 5.43 Å². The van der Waals surface area contributed by atoms with Crippen molar-refractivity contribution in [2.24, 2.45) is 5.10 Å². The summed E-state index contributed by atoms with van der Waals surface area (Å²) in [5.74, 6) is -1.46. The number of hydrogen-bond donors (Lipinski definition) is 1. The highest BCUT2D eigenvalue weighted by molar-refractivity contribution is 7.98. The number of sulfonamides is 1. The maximum Gasteiger partial charge on any atom is 0.264 e. The van der Waals surface area contributed by atoms with E-state index in [-0.39, 0.29) is 10.6 Å². The lowest BCUT2D eigenvalue weighted by Gasteiger charge is -2.24. The number of hydrogen-bond acceptors (Lipinski definition) is 5. The molecule has 0 atom stereocenters. The molecule has 3 aromatic rings. The lowest BCUT2D eigenvalue weighted by atomic mass is 10.2. The van der Waals surface area contributed by atoms with Crippen LogP contribution in [0.1, 0.15) is 11.1 Å². The Balaban J connectivity index is 1.82. The Morgan fingerprint density at radius 3 is 2.34 bits per heavy atom. The summed E-state index contributed by atoms with van der Waals surface area (Å²) in [5, 5.41) is 3.89. The molecule has 9 heteroatoms. The number of thioether (sulfide) groups is 1. The normalized spacial score (nSPS) is 11.5. The first kappa shape index (κ1) is 23.5. The molecule has 0 aliphatic carbocycles. The molecule has 0 heterocycles. The largest absolute Gasteiger partial charge is 0.271 e. The van der Waals surface area contributed by atoms with Crippen LogP contribution in [0, 0.1) is 12.7 Å². The van der Waals surface area contributed by atoms with Gasteiger partial charge in [-0.3, -0.25) is 9.10 Å². The number of anilines is 1. The Kier molecular flexibility index (Phi) is 7.66. The van der Waals surface area contributed by atoms with E-state index in [0.717, 1.165) is 26.4 Å². The molecule has 0 saturated heterocycles. The molecule has 3 rings (SSSR count). The van der Waals surface area contributed by atoms with Gasteiger partial charge >= 0.3 is 0 Å². The Labute approximate surface area is 191 Å². The molecule has 0 aliphatic heterocycles. The lowest BCUT2D eigenvalue weighted by molar-refractivity contribution is -0.119. The molecular formula is C23H22FN3O3S2. The summed E-state index contributed by atoms with van der Waals surface area (Å²) in [6.45, 7) is 1.19. The highest BCUT2D eigenvalue weighted by Crippen LogP contribution is 2.26. The summed E-state index contributed by atoms with van der Waals surface area (Å²) in [6.07, 6.45) is 3.42. The number of benzene rings is 3. The summed E-state index contributed by atoms with van der Waals surface area (Å²) in [7, 11) is -4.20. The van der Waals surface area contributed by atoms with Gasteiger partial charge in [-0.15, -0.1) is 11.8 Å². The van der Waals surface area contributed by atoms with Crippen LogP contribution in [0.2, 0.25) is 0 Å². The fourth-order valence-corrected chi connectivity index (χ4v) is 4.66. The van der Waals surface area contributed by atoms with Gasteiger partial charge in [0.2, 0.25) is 0 Å². The number of carbonyl (C=O) groups is 1. The van der Waals surface area contributed by atoms with E-state index in [1.54, 1.807) is 23.9 Å². The second-order valence-corrected chi connectivity index (χ2v) is 9.58. The summed E-state index contributed by atoms with van der Waals surface area (Å²) < 4.78 is 41.7. The second kappa shape index (κ2) is 10.4. The minimum Gasteiger partial charge on any atom is -0.271 e. The van der Waals surface area contributed by atoms with Gasteiger partial charge in [-0.2, -0.15) is 5.10 Å². The van der Waals surface area contributed by atoms with Crippen LogP contribution in [0.5, 0.6) is 0 Å². The molecule has 1 N–H and O–H groups in total. The summed E-state index contributed by atoms with van der Waals surface area (Å²) >= 11 is 1.61. The highest BCUT2D eigenvalue weighted by atomic mass is 32.2. The van der Waals surface area contributed by atoms with Crippen LogP contribution in [0.15, 0.2) is 87.7 Å². The average molecular weight is 472 g/mol. The zero-order valence-electron chi connectivity index (χ0n) is 17.5. The van der Waals surface area contributed by atoms with E-state index in [9.17, 15) is 17.6 Å². The van der Waals surface area contributed by atoms with Gasteiger partial charge < -0.3 is 0 Å². The number of nitrogens with one attached hydrogen (secondary N) is 1. The molecule has 3 aromatic carbocycles. The molecule has 0 aliphatic rings. The molecule has 6 nitrogen and oxygen atoms in total. The van der Waals surface area contributed by atoms with Crippen molar-refractivity contribution in [3.05, 3.63) is 89.7 Å². The molecule has 0 saturated carbocycles. The number of para-hydroxylation sites is 1. The number of nitrogens with zero attached hydrogens (tertiary/aromatic N) is 2. The first-order valence-electron chi connectivity index (χ1n) is 9.61. The maximum absolute atomic E-state index is 14.5. The Morgan fingerprint density at radius 1 is 1.06 bits per heavy atom. The number of hydrazone groups is 1. The van der Waals surface area contributed by atoms with Crippen LogP contribution < -0.4 is 9.73 Å². The Bertz CT molecular complexity index is 1210. The van der Waals surface area contributed by atoms with Gasteiger partial charge in [-0.1, -0.05) is 42.0 Å². The molecular weight excluding hydrogens is 449 g/mol. The fraction of sp³-hybridized carbons (Fsp3) is 0.130. The van der Waals surface area contributed by atoms with Gasteiger partial charge in [0.05, 0.1) is 16.8 Å². The number of amides is 1. The van der Waals surface area contributed by atoms with Crippen molar-refractivity contribution in [2.75, 3.05) is 17.1 Å². The van der Waals surface area contributed by atoms with E-state index in [4.69, 9.17) is 0 Å². The lowest BCUT2D eigenvalue weighted by Crippen LogP contribution is -2.40. The van der Waals surface area contributed by atoms with Crippen molar-refractivity contribution in [2.45, 2.75) is 16.7 Å². The van der Waals surface area contributed by atoms with E-state index < -0.39 is 28.3 Å². The highest BCUT2D eigenvalue weighted by Gasteiger charge is 2.29. The van der Waals surface area contributed by atoms with E-state index in [2.05, 4.69) is 10.5 Å². The van der Waals surface area contributed by atoms with E-state index in [1.165, 1.54) is 36.5 Å². The van der Waals surface area contributed by atoms with Crippen molar-refractivity contribution in [1.29, 1.82) is 0 Å². The van der Waals surface area contributed by atoms with Gasteiger partial charge in [0, 0.05) is 4.90 Å². The van der Waals surface area contributed by atoms with Crippen LogP contribution >= 0.6 is 11.8 Å².